The molecular weight excluding hydrogens is 537 g/mol. The molecular formula is C29H40FN3O4S2. The second-order valence-electron chi connectivity index (χ2n) is 12.3. The number of piperazine rings is 1. The Kier molecular flexibility index (Phi) is 7.96. The molecule has 1 N–H and O–H groups in total. The average Bonchev–Trinajstić information content (AvgIpc) is 3.26. The summed E-state index contributed by atoms with van der Waals surface area (Å²) in [5, 5.41) is 12.3. The van der Waals surface area contributed by atoms with Gasteiger partial charge in [0.2, 0.25) is 5.91 Å². The number of aliphatic hydroxyl groups excluding tert-OH is 1. The molecule has 0 bridgehead atoms. The number of nitrogens with zero attached hydrogens (tertiary/aromatic N) is 3. The fraction of sp³-hybridized carbons (Fsp3) is 0.655. The van der Waals surface area contributed by atoms with Gasteiger partial charge in [0.1, 0.15) is 16.6 Å². The number of hydrogen-bond acceptors (Lipinski definition) is 7. The third-order valence-corrected chi connectivity index (χ3v) is 12.2. The van der Waals surface area contributed by atoms with Crippen LogP contribution in [0.15, 0.2) is 24.3 Å². The van der Waals surface area contributed by atoms with E-state index in [-0.39, 0.29) is 46.5 Å². The SMILES string of the molecule is C[C@H](C(=O)N1CCN(C)CC1)C1CC[C@@]2(C)Cc3sc(CS(=O)(=O)Cc4ccc(F)cc4)nc3[C@@H](C)[C@@H]2[C@H]1O. The number of carbonyl (C=O) groups is 1. The van der Waals surface area contributed by atoms with Gasteiger partial charge in [0.05, 0.1) is 17.6 Å². The van der Waals surface area contributed by atoms with Crippen LogP contribution in [-0.2, 0) is 32.6 Å². The van der Waals surface area contributed by atoms with E-state index in [1.807, 2.05) is 11.8 Å². The largest absolute Gasteiger partial charge is 0.392 e. The highest BCUT2D eigenvalue weighted by Gasteiger charge is 2.54. The van der Waals surface area contributed by atoms with E-state index < -0.39 is 21.8 Å². The highest BCUT2D eigenvalue weighted by atomic mass is 32.2. The Bertz CT molecular complexity index is 1310. The van der Waals surface area contributed by atoms with E-state index in [0.29, 0.717) is 10.6 Å². The van der Waals surface area contributed by atoms with Crippen molar-refractivity contribution in [1.29, 1.82) is 0 Å². The lowest BCUT2D eigenvalue weighted by Gasteiger charge is -2.53. The number of thiazole rings is 1. The van der Waals surface area contributed by atoms with Crippen molar-refractivity contribution in [3.05, 3.63) is 51.2 Å². The molecule has 39 heavy (non-hydrogen) atoms. The number of fused-ring (bicyclic) bond motifs is 2. The average molecular weight is 578 g/mol. The highest BCUT2D eigenvalue weighted by Crippen LogP contribution is 2.57. The van der Waals surface area contributed by atoms with Crippen molar-refractivity contribution in [1.82, 2.24) is 14.8 Å². The maximum atomic E-state index is 13.4. The molecule has 1 saturated heterocycles. The zero-order valence-electron chi connectivity index (χ0n) is 23.3. The molecule has 214 valence electrons. The van der Waals surface area contributed by atoms with Gasteiger partial charge in [0.25, 0.3) is 0 Å². The van der Waals surface area contributed by atoms with Crippen molar-refractivity contribution < 1.29 is 22.7 Å². The Morgan fingerprint density at radius 1 is 1.21 bits per heavy atom. The van der Waals surface area contributed by atoms with Crippen LogP contribution in [0.25, 0.3) is 0 Å². The molecule has 1 aromatic heterocycles. The molecule has 0 spiro atoms. The smallest absolute Gasteiger partial charge is 0.225 e. The molecule has 6 atom stereocenters. The topological polar surface area (TPSA) is 90.8 Å². The molecule has 2 aromatic rings. The van der Waals surface area contributed by atoms with Gasteiger partial charge in [-0.3, -0.25) is 4.79 Å². The van der Waals surface area contributed by atoms with E-state index in [4.69, 9.17) is 4.98 Å². The summed E-state index contributed by atoms with van der Waals surface area (Å²) in [6.07, 6.45) is 1.86. The summed E-state index contributed by atoms with van der Waals surface area (Å²) >= 11 is 1.47. The fourth-order valence-corrected chi connectivity index (χ4v) is 10.4. The maximum absolute atomic E-state index is 13.4. The van der Waals surface area contributed by atoms with Gasteiger partial charge in [-0.1, -0.05) is 32.9 Å². The minimum atomic E-state index is -3.48. The van der Waals surface area contributed by atoms with Crippen LogP contribution in [0.3, 0.4) is 0 Å². The standard InChI is InChI=1S/C29H40FN3O4S2/c1-18(28(35)33-13-11-32(4)12-14-33)22-9-10-29(3)15-23-26(19(2)25(29)27(22)34)31-24(38-23)17-39(36,37)16-20-5-7-21(30)8-6-20/h5-8,18-19,22,25,27,34H,9-17H2,1-4H3/t18-,19-,22?,25+,27-,29-/m0/s1. The van der Waals surface area contributed by atoms with Crippen LogP contribution in [-0.4, -0.2) is 73.5 Å². The lowest BCUT2D eigenvalue weighted by atomic mass is 9.53. The van der Waals surface area contributed by atoms with Gasteiger partial charge >= 0.3 is 0 Å². The van der Waals surface area contributed by atoms with Crippen LogP contribution >= 0.6 is 11.3 Å². The highest BCUT2D eigenvalue weighted by molar-refractivity contribution is 7.90. The Morgan fingerprint density at radius 2 is 1.87 bits per heavy atom. The van der Waals surface area contributed by atoms with E-state index in [2.05, 4.69) is 25.8 Å². The monoisotopic (exact) mass is 577 g/mol. The summed E-state index contributed by atoms with van der Waals surface area (Å²) in [6, 6.07) is 5.55. The number of benzene rings is 1. The van der Waals surface area contributed by atoms with Crippen LogP contribution < -0.4 is 0 Å². The van der Waals surface area contributed by atoms with Gasteiger partial charge < -0.3 is 14.9 Å². The summed E-state index contributed by atoms with van der Waals surface area (Å²) < 4.78 is 39.1. The first-order valence-corrected chi connectivity index (χ1v) is 16.6. The van der Waals surface area contributed by atoms with Gasteiger partial charge in [-0.25, -0.2) is 17.8 Å². The van der Waals surface area contributed by atoms with E-state index in [1.165, 1.54) is 35.6 Å². The fourth-order valence-electron chi connectivity index (χ4n) is 7.23. The second kappa shape index (κ2) is 10.8. The van der Waals surface area contributed by atoms with Crippen LogP contribution in [0.2, 0.25) is 0 Å². The van der Waals surface area contributed by atoms with Crippen LogP contribution in [0.5, 0.6) is 0 Å². The van der Waals surface area contributed by atoms with E-state index >= 15 is 0 Å². The molecule has 1 aliphatic heterocycles. The number of carbonyl (C=O) groups excluding carboxylic acids is 1. The lowest BCUT2D eigenvalue weighted by Crippen LogP contribution is -2.55. The maximum Gasteiger partial charge on any atom is 0.225 e. The molecule has 1 amide bonds. The Labute approximate surface area is 235 Å². The summed E-state index contributed by atoms with van der Waals surface area (Å²) in [6.45, 7) is 9.51. The predicted octanol–water partition coefficient (Wildman–Crippen LogP) is 3.86. The lowest BCUT2D eigenvalue weighted by molar-refractivity contribution is -0.146. The molecule has 1 saturated carbocycles. The van der Waals surface area contributed by atoms with E-state index in [9.17, 15) is 22.7 Å². The van der Waals surface area contributed by atoms with Crippen molar-refractivity contribution in [3.63, 3.8) is 0 Å². The first kappa shape index (κ1) is 28.6. The minimum Gasteiger partial charge on any atom is -0.392 e. The normalized spacial score (nSPS) is 30.5. The molecule has 3 aliphatic rings. The summed E-state index contributed by atoms with van der Waals surface area (Å²) in [7, 11) is -1.41. The van der Waals surface area contributed by atoms with Gasteiger partial charge in [-0.2, -0.15) is 0 Å². The van der Waals surface area contributed by atoms with Crippen molar-refractivity contribution in [3.8, 4) is 0 Å². The van der Waals surface area contributed by atoms with Gasteiger partial charge in [0, 0.05) is 42.9 Å². The van der Waals surface area contributed by atoms with Crippen molar-refractivity contribution in [2.45, 2.75) is 63.6 Å². The number of sulfone groups is 1. The minimum absolute atomic E-state index is 0.0349. The Balaban J connectivity index is 1.31. The van der Waals surface area contributed by atoms with Crippen LogP contribution in [0.4, 0.5) is 4.39 Å². The predicted molar refractivity (Wildman–Crippen MR) is 151 cm³/mol. The number of halogens is 1. The molecule has 2 heterocycles. The molecule has 1 unspecified atom stereocenters. The number of likely N-dealkylation sites (N-methyl/N-ethyl adjacent to an activating group) is 1. The summed E-state index contributed by atoms with van der Waals surface area (Å²) in [5.74, 6) is -0.996. The van der Waals surface area contributed by atoms with E-state index in [1.54, 1.807) is 0 Å². The van der Waals surface area contributed by atoms with Gasteiger partial charge in [0.15, 0.2) is 9.84 Å². The number of aliphatic hydroxyl groups is 1. The van der Waals surface area contributed by atoms with Gasteiger partial charge in [-0.05, 0) is 61.3 Å². The first-order chi connectivity index (χ1) is 18.4. The van der Waals surface area contributed by atoms with Gasteiger partial charge in [-0.15, -0.1) is 11.3 Å². The second-order valence-corrected chi connectivity index (χ2v) is 15.6. The quantitative estimate of drug-likeness (QED) is 0.561. The first-order valence-electron chi connectivity index (χ1n) is 14.0. The third kappa shape index (κ3) is 5.80. The van der Waals surface area contributed by atoms with Crippen molar-refractivity contribution >= 4 is 27.1 Å². The van der Waals surface area contributed by atoms with Crippen molar-refractivity contribution in [2.75, 3.05) is 33.2 Å². The molecule has 2 fully saturated rings. The number of hydrogen-bond donors (Lipinski definition) is 1. The molecule has 10 heteroatoms. The summed E-state index contributed by atoms with van der Waals surface area (Å²) in [5.41, 5.74) is 1.32. The molecule has 2 aliphatic carbocycles. The summed E-state index contributed by atoms with van der Waals surface area (Å²) in [4.78, 5) is 23.5. The molecule has 0 radical (unpaired) electrons. The van der Waals surface area contributed by atoms with Crippen LogP contribution in [0, 0.1) is 29.0 Å². The number of rotatable bonds is 6. The number of aromatic nitrogens is 1. The zero-order valence-corrected chi connectivity index (χ0v) is 24.9. The third-order valence-electron chi connectivity index (χ3n) is 9.46. The van der Waals surface area contributed by atoms with Crippen LogP contribution in [0.1, 0.15) is 60.7 Å². The number of amides is 1. The Hall–Kier alpha value is -1.88. The molecule has 1 aromatic carbocycles. The van der Waals surface area contributed by atoms with Crippen molar-refractivity contribution in [2.24, 2.45) is 23.2 Å². The zero-order chi connectivity index (χ0) is 28.1. The molecule has 5 rings (SSSR count). The molecule has 7 nitrogen and oxygen atoms in total. The Morgan fingerprint density at radius 3 is 2.54 bits per heavy atom. The van der Waals surface area contributed by atoms with E-state index in [0.717, 1.165) is 56.0 Å².